The molecule has 0 saturated heterocycles. The molecule has 2 heteroatoms. The van der Waals surface area contributed by atoms with E-state index in [2.05, 4.69) is 134 Å². The Balaban J connectivity index is 1.06. The fourth-order valence-corrected chi connectivity index (χ4v) is 16.4. The van der Waals surface area contributed by atoms with Crippen LogP contribution >= 0.6 is 0 Å². The average Bonchev–Trinajstić information content (AvgIpc) is 3.82. The Morgan fingerprint density at radius 3 is 2.56 bits per heavy atom. The molecule has 0 N–H and O–H groups in total. The highest BCUT2D eigenvalue weighted by Gasteiger charge is 2.64. The number of hydrogen-bond donors (Lipinski definition) is 0. The molecule has 0 amide bonds. The summed E-state index contributed by atoms with van der Waals surface area (Å²) in [4.78, 5) is 5.72. The first-order chi connectivity index (χ1) is 32.5. The fourth-order valence-electron chi connectivity index (χ4n) is 16.4. The van der Waals surface area contributed by atoms with Crippen LogP contribution in [0.1, 0.15) is 141 Å². The zero-order valence-corrected chi connectivity index (χ0v) is 40.4. The van der Waals surface area contributed by atoms with E-state index in [0.29, 0.717) is 53.4 Å². The third-order valence-corrected chi connectivity index (χ3v) is 19.0. The Morgan fingerprint density at radius 2 is 1.67 bits per heavy atom. The molecule has 0 radical (unpaired) electrons. The highest BCUT2D eigenvalue weighted by atomic mass is 15.2. The van der Waals surface area contributed by atoms with Gasteiger partial charge in [0.05, 0.1) is 0 Å². The lowest BCUT2D eigenvalue weighted by Gasteiger charge is -2.48. The van der Waals surface area contributed by atoms with Crippen molar-refractivity contribution in [1.82, 2.24) is 4.90 Å². The topological polar surface area (TPSA) is 6.48 Å². The van der Waals surface area contributed by atoms with Crippen molar-refractivity contribution in [2.24, 2.45) is 52.8 Å². The van der Waals surface area contributed by atoms with E-state index in [1.807, 2.05) is 11.6 Å². The molecule has 0 aromatic heterocycles. The number of benzene rings is 1. The molecule has 1 aromatic rings. The van der Waals surface area contributed by atoms with Crippen LogP contribution in [0.5, 0.6) is 0 Å². The molecule has 12 rings (SSSR count). The van der Waals surface area contributed by atoms with Gasteiger partial charge in [-0.25, -0.2) is 0 Å². The van der Waals surface area contributed by atoms with Crippen LogP contribution < -0.4 is 4.90 Å². The fraction of sp³-hybridized carbons (Fsp3) is 0.500. The molecule has 66 heavy (non-hydrogen) atoms. The molecule has 9 atom stereocenters. The molecule has 8 unspecified atom stereocenters. The number of anilines is 1. The minimum atomic E-state index is 0.00210. The Hall–Kier alpha value is -4.74. The maximum Gasteiger partial charge on any atom is 0.0448 e. The number of aryl methyl sites for hydroxylation is 1. The molecule has 1 spiro atoms. The normalized spacial score (nSPS) is 34.5. The Morgan fingerprint density at radius 1 is 0.788 bits per heavy atom. The summed E-state index contributed by atoms with van der Waals surface area (Å²) < 4.78 is 0. The summed E-state index contributed by atoms with van der Waals surface area (Å²) in [5, 5.41) is 0. The molecule has 1 aromatic carbocycles. The molecule has 11 aliphatic carbocycles. The Bertz CT molecular complexity index is 2590. The van der Waals surface area contributed by atoms with Crippen LogP contribution in [-0.2, 0) is 12.8 Å². The van der Waals surface area contributed by atoms with Gasteiger partial charge in [0.15, 0.2) is 0 Å². The molecular formula is C64H74N2. The van der Waals surface area contributed by atoms with Gasteiger partial charge in [0.25, 0.3) is 0 Å². The van der Waals surface area contributed by atoms with Crippen molar-refractivity contribution in [2.45, 2.75) is 149 Å². The Labute approximate surface area is 398 Å². The lowest BCUT2D eigenvalue weighted by Crippen LogP contribution is -2.41. The zero-order valence-electron chi connectivity index (χ0n) is 40.4. The summed E-state index contributed by atoms with van der Waals surface area (Å²) in [5.41, 5.74) is 21.0. The average molecular weight is 871 g/mol. The van der Waals surface area contributed by atoms with E-state index < -0.39 is 0 Å². The highest BCUT2D eigenvalue weighted by molar-refractivity contribution is 5.70. The van der Waals surface area contributed by atoms with Gasteiger partial charge in [-0.1, -0.05) is 129 Å². The molecule has 0 bridgehead atoms. The predicted octanol–water partition coefficient (Wildman–Crippen LogP) is 15.8. The van der Waals surface area contributed by atoms with E-state index in [4.69, 9.17) is 6.42 Å². The van der Waals surface area contributed by atoms with Crippen LogP contribution in [0.2, 0.25) is 0 Å². The van der Waals surface area contributed by atoms with E-state index in [1.165, 1.54) is 126 Å². The second-order valence-electron chi connectivity index (χ2n) is 22.4. The molecule has 1 fully saturated rings. The molecule has 2 nitrogen and oxygen atoms in total. The summed E-state index contributed by atoms with van der Waals surface area (Å²) in [7, 11) is 0. The SMILES string of the molecule is C#C/C=C\C=C(/C)N(C1=C[C@H]2C(C=C1)C1=C(CCC=C1)C21C2=C(C(N(c3cccc4c3CCCC4)C3CCCCC3)=CCC2)C2C=CC(C)CC21)C1=CC2=C(CCCC2C)C2CCC=CC12. The number of allylic oxidation sites excluding steroid dienone is 21. The van der Waals surface area contributed by atoms with Crippen LogP contribution in [0.25, 0.3) is 0 Å². The van der Waals surface area contributed by atoms with Gasteiger partial charge < -0.3 is 9.80 Å². The second-order valence-corrected chi connectivity index (χ2v) is 22.4. The second kappa shape index (κ2) is 17.4. The first-order valence-electron chi connectivity index (χ1n) is 27.0. The summed E-state index contributed by atoms with van der Waals surface area (Å²) in [6.07, 6.45) is 65.2. The van der Waals surface area contributed by atoms with E-state index in [-0.39, 0.29) is 5.41 Å². The van der Waals surface area contributed by atoms with Crippen LogP contribution in [0.4, 0.5) is 5.69 Å². The van der Waals surface area contributed by atoms with E-state index in [1.54, 1.807) is 50.4 Å². The highest BCUT2D eigenvalue weighted by Crippen LogP contribution is 2.73. The maximum atomic E-state index is 5.83. The lowest BCUT2D eigenvalue weighted by atomic mass is 9.56. The molecule has 0 heterocycles. The van der Waals surface area contributed by atoms with Crippen molar-refractivity contribution in [3.05, 3.63) is 171 Å². The number of terminal acetylenes is 1. The molecular weight excluding hydrogens is 797 g/mol. The van der Waals surface area contributed by atoms with Gasteiger partial charge in [-0.3, -0.25) is 0 Å². The third kappa shape index (κ3) is 6.70. The first-order valence-corrected chi connectivity index (χ1v) is 27.0. The van der Waals surface area contributed by atoms with Gasteiger partial charge in [-0.15, -0.1) is 6.42 Å². The van der Waals surface area contributed by atoms with Gasteiger partial charge in [0, 0.05) is 63.6 Å². The minimum absolute atomic E-state index is 0.00210. The van der Waals surface area contributed by atoms with Crippen molar-refractivity contribution in [1.29, 1.82) is 0 Å². The quantitative estimate of drug-likeness (QED) is 0.153. The zero-order chi connectivity index (χ0) is 44.5. The summed E-state index contributed by atoms with van der Waals surface area (Å²) >= 11 is 0. The number of nitrogens with zero attached hydrogens (tertiary/aromatic N) is 2. The number of fused-ring (bicyclic) bond motifs is 11. The van der Waals surface area contributed by atoms with Gasteiger partial charge >= 0.3 is 0 Å². The van der Waals surface area contributed by atoms with Crippen molar-refractivity contribution in [3.8, 4) is 12.3 Å². The van der Waals surface area contributed by atoms with Crippen molar-refractivity contribution in [3.63, 3.8) is 0 Å². The lowest BCUT2D eigenvalue weighted by molar-refractivity contribution is 0.152. The monoisotopic (exact) mass is 871 g/mol. The van der Waals surface area contributed by atoms with Crippen molar-refractivity contribution in [2.75, 3.05) is 4.90 Å². The van der Waals surface area contributed by atoms with E-state index in [9.17, 15) is 0 Å². The van der Waals surface area contributed by atoms with Crippen molar-refractivity contribution < 1.29 is 0 Å². The first kappa shape index (κ1) is 42.6. The van der Waals surface area contributed by atoms with Gasteiger partial charge in [0.2, 0.25) is 0 Å². The molecule has 0 aliphatic heterocycles. The van der Waals surface area contributed by atoms with E-state index >= 15 is 0 Å². The van der Waals surface area contributed by atoms with Crippen molar-refractivity contribution >= 4 is 5.69 Å². The minimum Gasteiger partial charge on any atom is -0.338 e. The summed E-state index contributed by atoms with van der Waals surface area (Å²) in [6, 6.07) is 7.97. The smallest absolute Gasteiger partial charge is 0.0448 e. The Kier molecular flexibility index (Phi) is 11.2. The third-order valence-electron chi connectivity index (χ3n) is 19.0. The molecule has 340 valence electrons. The molecule has 11 aliphatic rings. The summed E-state index contributed by atoms with van der Waals surface area (Å²) in [5.74, 6) is 6.69. The van der Waals surface area contributed by atoms with Gasteiger partial charge in [-0.05, 0) is 192 Å². The maximum absolute atomic E-state index is 5.83. The van der Waals surface area contributed by atoms with Crippen LogP contribution in [-0.4, -0.2) is 10.9 Å². The number of rotatable bonds is 7. The van der Waals surface area contributed by atoms with Crippen LogP contribution in [0, 0.1) is 65.1 Å². The molecule has 1 saturated carbocycles. The number of hydrogen-bond acceptors (Lipinski definition) is 2. The van der Waals surface area contributed by atoms with Crippen LogP contribution in [0.15, 0.2) is 159 Å². The van der Waals surface area contributed by atoms with Crippen LogP contribution in [0.3, 0.4) is 0 Å². The largest absolute Gasteiger partial charge is 0.338 e. The van der Waals surface area contributed by atoms with Gasteiger partial charge in [-0.2, -0.15) is 0 Å². The predicted molar refractivity (Wildman–Crippen MR) is 276 cm³/mol. The van der Waals surface area contributed by atoms with Gasteiger partial charge in [0.1, 0.15) is 0 Å². The summed E-state index contributed by atoms with van der Waals surface area (Å²) in [6.45, 7) is 7.35. The van der Waals surface area contributed by atoms with E-state index in [0.717, 1.165) is 12.8 Å². The standard InChI is InChI=1S/C64H74N2/c1-5-6-8-21-44(4)65(62-41-55-43(3)20-17-30-50(55)49-27-13-14-29-53(49)62)47-36-38-52-51-28-15-16-31-56(51)64(59(52)40-47)57-32-19-34-61(63(57)54-37-35-42(2)39-58(54)64)66(46-24-9-7-10-25-46)60-33-18-23-45-22-11-12-26-48(45)60/h1,6,8,14-15,18,21,23,28-29,33-38,40-43,46,49,52-54,58-59H,7,9-13,16-17,19-20,22,24-27,30-32,39H2,2-4H3/b8-6-,44-21+/t42?,43?,49?,52?,53?,54?,58?,59-,64?/m0/s1.